The van der Waals surface area contributed by atoms with Crippen molar-refractivity contribution in [3.8, 4) is 0 Å². The van der Waals surface area contributed by atoms with Gasteiger partial charge in [-0.2, -0.15) is 14.4 Å². The number of nitrogens with zero attached hydrogens (tertiary/aromatic N) is 5. The van der Waals surface area contributed by atoms with Crippen molar-refractivity contribution in [3.63, 3.8) is 0 Å². The molecule has 0 saturated carbocycles. The molecule has 1 fully saturated rings. The number of anilines is 1. The van der Waals surface area contributed by atoms with E-state index in [1.165, 1.54) is 70.4 Å². The number of aryl methyl sites for hydroxylation is 1. The third-order valence-corrected chi connectivity index (χ3v) is 9.29. The van der Waals surface area contributed by atoms with Crippen LogP contribution in [0.5, 0.6) is 0 Å². The molecule has 200 valence electrons. The maximum Gasteiger partial charge on any atom is 0.280 e. The highest BCUT2D eigenvalue weighted by Crippen LogP contribution is 2.31. The number of sulfonamides is 1. The van der Waals surface area contributed by atoms with Gasteiger partial charge in [-0.05, 0) is 79.4 Å². The third-order valence-electron chi connectivity index (χ3n) is 6.39. The van der Waals surface area contributed by atoms with E-state index in [9.17, 15) is 23.3 Å². The van der Waals surface area contributed by atoms with E-state index in [1.54, 1.807) is 0 Å². The van der Waals surface area contributed by atoms with Gasteiger partial charge in [0.05, 0.1) is 26.3 Å². The Bertz CT molecular complexity index is 1660. The smallest absolute Gasteiger partial charge is 0.267 e. The summed E-state index contributed by atoms with van der Waals surface area (Å²) >= 11 is 1.30. The van der Waals surface area contributed by atoms with Crippen LogP contribution in [0.2, 0.25) is 0 Å². The molecule has 0 N–H and O–H groups in total. The summed E-state index contributed by atoms with van der Waals surface area (Å²) in [5.74, 6) is -0.495. The molecule has 1 aromatic heterocycles. The number of nitro benzene ring substituents is 1. The van der Waals surface area contributed by atoms with Crippen LogP contribution < -0.4 is 5.01 Å². The van der Waals surface area contributed by atoms with E-state index in [0.717, 1.165) is 34.5 Å². The number of aromatic nitrogens is 1. The molecule has 0 aliphatic carbocycles. The van der Waals surface area contributed by atoms with Crippen molar-refractivity contribution in [3.05, 3.63) is 93.5 Å². The number of amides is 1. The van der Waals surface area contributed by atoms with E-state index in [0.29, 0.717) is 29.3 Å². The van der Waals surface area contributed by atoms with Gasteiger partial charge in [0, 0.05) is 30.8 Å². The van der Waals surface area contributed by atoms with E-state index in [4.69, 9.17) is 0 Å². The quantitative estimate of drug-likeness (QED) is 0.169. The molecule has 12 heteroatoms. The molecule has 1 aliphatic rings. The number of nitro groups is 1. The van der Waals surface area contributed by atoms with Gasteiger partial charge in [0.25, 0.3) is 11.6 Å². The zero-order chi connectivity index (χ0) is 27.6. The molecule has 1 amide bonds. The first-order chi connectivity index (χ1) is 18.7. The molecular formula is C27H25N5O5S2. The first kappa shape index (κ1) is 26.6. The Morgan fingerprint density at radius 2 is 1.74 bits per heavy atom. The normalized spacial score (nSPS) is 14.6. The molecule has 5 rings (SSSR count). The number of thiazole rings is 1. The Morgan fingerprint density at radius 3 is 2.41 bits per heavy atom. The van der Waals surface area contributed by atoms with Crippen molar-refractivity contribution < 1.29 is 18.1 Å². The summed E-state index contributed by atoms with van der Waals surface area (Å²) in [6, 6.07) is 17.4. The fourth-order valence-electron chi connectivity index (χ4n) is 4.25. The summed E-state index contributed by atoms with van der Waals surface area (Å²) in [7, 11) is -3.63. The third kappa shape index (κ3) is 5.72. The van der Waals surface area contributed by atoms with Gasteiger partial charge in [-0.1, -0.05) is 23.8 Å². The van der Waals surface area contributed by atoms with Crippen LogP contribution in [0, 0.1) is 17.0 Å². The standard InChI is InChI=1S/C27H25N5O5S2/c1-19-5-14-24-25(17-19)38-27(29-24)31(28-18-20-6-10-22(11-7-20)32(34)35)26(33)21-8-12-23(13-9-21)39(36,37)30-15-3-2-4-16-30/h5-14,17-18H,2-4,15-16H2,1H3/b28-18+. The number of hydrogen-bond donors (Lipinski definition) is 0. The minimum atomic E-state index is -3.63. The minimum Gasteiger partial charge on any atom is -0.267 e. The van der Waals surface area contributed by atoms with Gasteiger partial charge in [-0.3, -0.25) is 14.9 Å². The van der Waals surface area contributed by atoms with Crippen LogP contribution in [0.15, 0.2) is 76.7 Å². The zero-order valence-corrected chi connectivity index (χ0v) is 22.7. The topological polar surface area (TPSA) is 126 Å². The maximum absolute atomic E-state index is 13.6. The van der Waals surface area contributed by atoms with Gasteiger partial charge in [-0.15, -0.1) is 0 Å². The molecule has 0 atom stereocenters. The van der Waals surface area contributed by atoms with Crippen LogP contribution in [0.3, 0.4) is 0 Å². The lowest BCUT2D eigenvalue weighted by atomic mass is 10.2. The molecule has 2 heterocycles. The maximum atomic E-state index is 13.6. The van der Waals surface area contributed by atoms with E-state index >= 15 is 0 Å². The largest absolute Gasteiger partial charge is 0.280 e. The number of rotatable bonds is 7. The van der Waals surface area contributed by atoms with E-state index < -0.39 is 20.9 Å². The summed E-state index contributed by atoms with van der Waals surface area (Å²) in [5, 5.41) is 16.9. The second kappa shape index (κ2) is 11.0. The van der Waals surface area contributed by atoms with Gasteiger partial charge < -0.3 is 0 Å². The minimum absolute atomic E-state index is 0.0544. The van der Waals surface area contributed by atoms with Gasteiger partial charge in [0.2, 0.25) is 15.2 Å². The van der Waals surface area contributed by atoms with Crippen LogP contribution in [-0.4, -0.2) is 47.8 Å². The lowest BCUT2D eigenvalue weighted by Gasteiger charge is -2.25. The highest BCUT2D eigenvalue weighted by Gasteiger charge is 2.27. The van der Waals surface area contributed by atoms with Gasteiger partial charge >= 0.3 is 0 Å². The summed E-state index contributed by atoms with van der Waals surface area (Å²) in [6.45, 7) is 2.95. The van der Waals surface area contributed by atoms with E-state index in [2.05, 4.69) is 10.1 Å². The molecule has 1 aliphatic heterocycles. The van der Waals surface area contributed by atoms with Crippen molar-refractivity contribution in [2.24, 2.45) is 5.10 Å². The van der Waals surface area contributed by atoms with Gasteiger partial charge in [-0.25, -0.2) is 13.4 Å². The lowest BCUT2D eigenvalue weighted by Crippen LogP contribution is -2.35. The highest BCUT2D eigenvalue weighted by atomic mass is 32.2. The number of carbonyl (C=O) groups excluding carboxylic acids is 1. The van der Waals surface area contributed by atoms with E-state index in [-0.39, 0.29) is 16.1 Å². The first-order valence-corrected chi connectivity index (χ1v) is 14.6. The van der Waals surface area contributed by atoms with Crippen molar-refractivity contribution in [2.75, 3.05) is 18.1 Å². The first-order valence-electron chi connectivity index (χ1n) is 12.3. The van der Waals surface area contributed by atoms with Crippen molar-refractivity contribution in [1.29, 1.82) is 0 Å². The molecule has 0 spiro atoms. The second-order valence-corrected chi connectivity index (χ2v) is 12.1. The Kier molecular flexibility index (Phi) is 7.51. The molecule has 0 unspecified atom stereocenters. The van der Waals surface area contributed by atoms with Crippen LogP contribution >= 0.6 is 11.3 Å². The average Bonchev–Trinajstić information content (AvgIpc) is 3.36. The Labute approximate surface area is 229 Å². The SMILES string of the molecule is Cc1ccc2nc(N(/N=C/c3ccc([N+](=O)[O-])cc3)C(=O)c3ccc(S(=O)(=O)N4CCCCC4)cc3)sc2c1. The number of piperidine rings is 1. The monoisotopic (exact) mass is 563 g/mol. The average molecular weight is 564 g/mol. The van der Waals surface area contributed by atoms with Crippen LogP contribution in [0.1, 0.15) is 40.7 Å². The molecule has 10 nitrogen and oxygen atoms in total. The fourth-order valence-corrected chi connectivity index (χ4v) is 6.79. The van der Waals surface area contributed by atoms with E-state index in [1.807, 2.05) is 25.1 Å². The molecule has 0 bridgehead atoms. The number of hydrogen-bond acceptors (Lipinski definition) is 8. The molecule has 1 saturated heterocycles. The Balaban J connectivity index is 1.47. The van der Waals surface area contributed by atoms with Gasteiger partial charge in [0.15, 0.2) is 0 Å². The predicted octanol–water partition coefficient (Wildman–Crippen LogP) is 5.37. The van der Waals surface area contributed by atoms with Crippen LogP contribution in [0.25, 0.3) is 10.2 Å². The summed E-state index contributed by atoms with van der Waals surface area (Å²) in [5.41, 5.74) is 2.51. The number of hydrazone groups is 1. The Morgan fingerprint density at radius 1 is 1.05 bits per heavy atom. The highest BCUT2D eigenvalue weighted by molar-refractivity contribution is 7.89. The summed E-state index contributed by atoms with van der Waals surface area (Å²) in [4.78, 5) is 28.8. The van der Waals surface area contributed by atoms with Crippen LogP contribution in [0.4, 0.5) is 10.8 Å². The molecule has 0 radical (unpaired) electrons. The van der Waals surface area contributed by atoms with Crippen LogP contribution in [-0.2, 0) is 10.0 Å². The van der Waals surface area contributed by atoms with Crippen molar-refractivity contribution in [2.45, 2.75) is 31.1 Å². The number of fused-ring (bicyclic) bond motifs is 1. The zero-order valence-electron chi connectivity index (χ0n) is 21.1. The molecule has 39 heavy (non-hydrogen) atoms. The van der Waals surface area contributed by atoms with Gasteiger partial charge in [0.1, 0.15) is 0 Å². The lowest BCUT2D eigenvalue weighted by molar-refractivity contribution is -0.384. The molecule has 3 aromatic carbocycles. The predicted molar refractivity (Wildman–Crippen MR) is 151 cm³/mol. The summed E-state index contributed by atoms with van der Waals surface area (Å²) < 4.78 is 28.4. The number of non-ortho nitro benzene ring substituents is 1. The summed E-state index contributed by atoms with van der Waals surface area (Å²) in [6.07, 6.45) is 4.10. The molecular weight excluding hydrogens is 538 g/mol. The van der Waals surface area contributed by atoms with Crippen molar-refractivity contribution >= 4 is 54.5 Å². The second-order valence-electron chi connectivity index (χ2n) is 9.17. The number of carbonyl (C=O) groups is 1. The Hall–Kier alpha value is -4.00. The molecule has 4 aromatic rings. The fraction of sp³-hybridized carbons (Fsp3) is 0.222. The van der Waals surface area contributed by atoms with Crippen molar-refractivity contribution in [1.82, 2.24) is 9.29 Å². The number of benzene rings is 3.